The molecule has 2 aromatic rings. The first-order valence-electron chi connectivity index (χ1n) is 7.95. The summed E-state index contributed by atoms with van der Waals surface area (Å²) in [6.07, 6.45) is 0.804. The average molecular weight is 345 g/mol. The zero-order chi connectivity index (χ0) is 17.1. The Morgan fingerprint density at radius 1 is 1.25 bits per heavy atom. The number of rotatable bonds is 3. The van der Waals surface area contributed by atoms with Crippen molar-refractivity contribution < 1.29 is 13.2 Å². The first kappa shape index (κ1) is 15.6. The summed E-state index contributed by atoms with van der Waals surface area (Å²) in [6.45, 7) is 1.49. The molecule has 0 spiro atoms. The van der Waals surface area contributed by atoms with E-state index in [0.717, 1.165) is 24.0 Å². The van der Waals surface area contributed by atoms with Crippen LogP contribution in [0.2, 0.25) is 0 Å². The number of benzene rings is 2. The van der Waals surface area contributed by atoms with Crippen molar-refractivity contribution in [2.24, 2.45) is 0 Å². The van der Waals surface area contributed by atoms with Crippen molar-refractivity contribution in [3.05, 3.63) is 35.9 Å². The van der Waals surface area contributed by atoms with Gasteiger partial charge in [0.25, 0.3) is 5.91 Å². The fraction of sp³-hybridized carbons (Fsp3) is 0.353. The molecule has 2 aromatic carbocycles. The van der Waals surface area contributed by atoms with Crippen molar-refractivity contribution >= 4 is 32.4 Å². The standard InChI is InChI=1S/C17H19N3O3S/c1-19-14-6-7-15(12-4-3-5-13(16(12)14)17(19)21)24(22,23)20(2)11-8-9-18-10-11/h3-7,11,18H,8-10H2,1-2H3. The van der Waals surface area contributed by atoms with Gasteiger partial charge in [-0.3, -0.25) is 4.79 Å². The quantitative estimate of drug-likeness (QED) is 0.913. The first-order valence-corrected chi connectivity index (χ1v) is 9.39. The van der Waals surface area contributed by atoms with Crippen LogP contribution >= 0.6 is 0 Å². The molecule has 1 unspecified atom stereocenters. The fourth-order valence-electron chi connectivity index (χ4n) is 3.64. The Balaban J connectivity index is 1.91. The third-order valence-corrected chi connectivity index (χ3v) is 7.05. The molecule has 1 saturated heterocycles. The predicted octanol–water partition coefficient (Wildman–Crippen LogP) is 1.41. The summed E-state index contributed by atoms with van der Waals surface area (Å²) in [4.78, 5) is 14.2. The second-order valence-electron chi connectivity index (χ2n) is 6.34. The number of hydrogen-bond acceptors (Lipinski definition) is 4. The van der Waals surface area contributed by atoms with Crippen molar-refractivity contribution in [3.8, 4) is 0 Å². The molecular formula is C17H19N3O3S. The summed E-state index contributed by atoms with van der Waals surface area (Å²) in [5, 5.41) is 4.53. The molecule has 0 aliphatic carbocycles. The Hall–Kier alpha value is -1.96. The number of carbonyl (C=O) groups excluding carboxylic acids is 1. The molecule has 6 nitrogen and oxygen atoms in total. The van der Waals surface area contributed by atoms with Crippen LogP contribution in [0.15, 0.2) is 35.2 Å². The Morgan fingerprint density at radius 3 is 2.75 bits per heavy atom. The molecule has 2 aliphatic rings. The highest BCUT2D eigenvalue weighted by molar-refractivity contribution is 7.89. The van der Waals surface area contributed by atoms with E-state index in [-0.39, 0.29) is 16.8 Å². The molecule has 1 amide bonds. The van der Waals surface area contributed by atoms with Gasteiger partial charge in [0, 0.05) is 43.0 Å². The van der Waals surface area contributed by atoms with Gasteiger partial charge in [0.2, 0.25) is 10.0 Å². The van der Waals surface area contributed by atoms with E-state index >= 15 is 0 Å². The molecule has 0 aromatic heterocycles. The minimum Gasteiger partial charge on any atom is -0.315 e. The number of likely N-dealkylation sites (N-methyl/N-ethyl adjacent to an activating group) is 1. The van der Waals surface area contributed by atoms with Crippen molar-refractivity contribution in [2.75, 3.05) is 32.1 Å². The molecule has 126 valence electrons. The van der Waals surface area contributed by atoms with E-state index in [9.17, 15) is 13.2 Å². The van der Waals surface area contributed by atoms with Crippen molar-refractivity contribution in [1.29, 1.82) is 0 Å². The third kappa shape index (κ3) is 2.02. The van der Waals surface area contributed by atoms with Gasteiger partial charge < -0.3 is 10.2 Å². The largest absolute Gasteiger partial charge is 0.315 e. The van der Waals surface area contributed by atoms with Gasteiger partial charge in [0.05, 0.1) is 10.6 Å². The first-order chi connectivity index (χ1) is 11.4. The molecule has 2 aliphatic heterocycles. The Labute approximate surface area is 141 Å². The minimum absolute atomic E-state index is 0.0395. The summed E-state index contributed by atoms with van der Waals surface area (Å²) in [5.74, 6) is -0.0986. The van der Waals surface area contributed by atoms with Crippen molar-refractivity contribution in [3.63, 3.8) is 0 Å². The van der Waals surface area contributed by atoms with Gasteiger partial charge in [0.1, 0.15) is 0 Å². The average Bonchev–Trinajstić information content (AvgIpc) is 3.19. The van der Waals surface area contributed by atoms with Crippen LogP contribution in [0, 0.1) is 0 Å². The molecule has 0 saturated carbocycles. The lowest BCUT2D eigenvalue weighted by Crippen LogP contribution is -2.38. The normalized spacial score (nSPS) is 20.5. The van der Waals surface area contributed by atoms with E-state index in [1.807, 2.05) is 0 Å². The van der Waals surface area contributed by atoms with Crippen LogP contribution in [0.5, 0.6) is 0 Å². The van der Waals surface area contributed by atoms with Crippen molar-refractivity contribution in [1.82, 2.24) is 9.62 Å². The smallest absolute Gasteiger partial charge is 0.258 e. The van der Waals surface area contributed by atoms with E-state index in [4.69, 9.17) is 0 Å². The van der Waals surface area contributed by atoms with Crippen LogP contribution in [0.1, 0.15) is 16.8 Å². The molecule has 1 atom stereocenters. The van der Waals surface area contributed by atoms with Gasteiger partial charge in [-0.1, -0.05) is 12.1 Å². The van der Waals surface area contributed by atoms with E-state index in [1.165, 1.54) is 4.31 Å². The number of amides is 1. The summed E-state index contributed by atoms with van der Waals surface area (Å²) >= 11 is 0. The molecule has 0 radical (unpaired) electrons. The van der Waals surface area contributed by atoms with Crippen LogP contribution in [0.3, 0.4) is 0 Å². The van der Waals surface area contributed by atoms with Crippen LogP contribution < -0.4 is 10.2 Å². The minimum atomic E-state index is -3.63. The monoisotopic (exact) mass is 345 g/mol. The molecule has 24 heavy (non-hydrogen) atoms. The zero-order valence-electron chi connectivity index (χ0n) is 13.6. The van der Waals surface area contributed by atoms with E-state index < -0.39 is 10.0 Å². The van der Waals surface area contributed by atoms with Gasteiger partial charge in [-0.2, -0.15) is 4.31 Å². The number of hydrogen-bond donors (Lipinski definition) is 1. The van der Waals surface area contributed by atoms with E-state index in [2.05, 4.69) is 5.32 Å². The Bertz CT molecular complexity index is 949. The predicted molar refractivity (Wildman–Crippen MR) is 92.9 cm³/mol. The number of nitrogens with zero attached hydrogens (tertiary/aromatic N) is 2. The van der Waals surface area contributed by atoms with Crippen LogP contribution in [-0.2, 0) is 10.0 Å². The molecule has 4 rings (SSSR count). The molecule has 0 bridgehead atoms. The molecule has 1 N–H and O–H groups in total. The molecular weight excluding hydrogens is 326 g/mol. The Kier molecular flexibility index (Phi) is 3.42. The summed E-state index contributed by atoms with van der Waals surface area (Å²) < 4.78 is 27.7. The van der Waals surface area contributed by atoms with Crippen molar-refractivity contribution in [2.45, 2.75) is 17.4 Å². The van der Waals surface area contributed by atoms with Gasteiger partial charge >= 0.3 is 0 Å². The fourth-order valence-corrected chi connectivity index (χ4v) is 5.21. The lowest BCUT2D eigenvalue weighted by molar-refractivity contribution is 0.0999. The Morgan fingerprint density at radius 2 is 2.04 bits per heavy atom. The second kappa shape index (κ2) is 5.27. The highest BCUT2D eigenvalue weighted by Crippen LogP contribution is 2.40. The lowest BCUT2D eigenvalue weighted by atomic mass is 10.1. The topological polar surface area (TPSA) is 69.7 Å². The zero-order valence-corrected chi connectivity index (χ0v) is 14.4. The third-order valence-electron chi connectivity index (χ3n) is 5.08. The summed E-state index contributed by atoms with van der Waals surface area (Å²) in [7, 11) is -0.284. The molecule has 2 heterocycles. The molecule has 7 heteroatoms. The number of carbonyl (C=O) groups is 1. The van der Waals surface area contributed by atoms with Crippen LogP contribution in [0.25, 0.3) is 10.8 Å². The van der Waals surface area contributed by atoms with Gasteiger partial charge in [-0.15, -0.1) is 0 Å². The van der Waals surface area contributed by atoms with Crippen LogP contribution in [-0.4, -0.2) is 51.9 Å². The number of anilines is 1. The summed E-state index contributed by atoms with van der Waals surface area (Å²) in [6, 6.07) is 8.58. The highest BCUT2D eigenvalue weighted by Gasteiger charge is 2.34. The number of nitrogens with one attached hydrogen (secondary N) is 1. The highest BCUT2D eigenvalue weighted by atomic mass is 32.2. The maximum atomic E-state index is 13.1. The number of sulfonamides is 1. The van der Waals surface area contributed by atoms with Gasteiger partial charge in [-0.25, -0.2) is 8.42 Å². The van der Waals surface area contributed by atoms with E-state index in [1.54, 1.807) is 49.3 Å². The molecule has 1 fully saturated rings. The van der Waals surface area contributed by atoms with Gasteiger partial charge in [-0.05, 0) is 31.2 Å². The maximum Gasteiger partial charge on any atom is 0.258 e. The second-order valence-corrected chi connectivity index (χ2v) is 8.31. The maximum absolute atomic E-state index is 13.1. The van der Waals surface area contributed by atoms with E-state index in [0.29, 0.717) is 17.5 Å². The lowest BCUT2D eigenvalue weighted by Gasteiger charge is -2.24. The van der Waals surface area contributed by atoms with Crippen LogP contribution in [0.4, 0.5) is 5.69 Å². The SMILES string of the molecule is CN1C(=O)c2cccc3c(S(=O)(=O)N(C)C4CCNC4)ccc1c23. The van der Waals surface area contributed by atoms with Gasteiger partial charge in [0.15, 0.2) is 0 Å². The summed E-state index contributed by atoms with van der Waals surface area (Å²) in [5.41, 5.74) is 1.32.